The zero-order valence-electron chi connectivity index (χ0n) is 19.6. The molecule has 6 bridgehead atoms. The molecule has 4 heterocycles. The number of fused-ring (bicyclic) bond motifs is 4. The second kappa shape index (κ2) is 7.79. The van der Waals surface area contributed by atoms with E-state index in [4.69, 9.17) is 9.40 Å². The Bertz CT molecular complexity index is 1240. The molecule has 32 heavy (non-hydrogen) atoms. The smallest absolute Gasteiger partial charge is 0.174 e. The quantitative estimate of drug-likeness (QED) is 0.397. The lowest BCUT2D eigenvalue weighted by atomic mass is 9.70. The number of nitrogens with one attached hydrogen (secondary N) is 1. The number of furan rings is 1. The summed E-state index contributed by atoms with van der Waals surface area (Å²) in [7, 11) is 4.15. The van der Waals surface area contributed by atoms with Crippen molar-refractivity contribution in [2.45, 2.75) is 39.2 Å². The summed E-state index contributed by atoms with van der Waals surface area (Å²) in [6, 6.07) is 21.7. The first-order chi connectivity index (χ1) is 15.3. The number of imidazole rings is 1. The van der Waals surface area contributed by atoms with Gasteiger partial charge in [0.05, 0.1) is 11.4 Å². The first kappa shape index (κ1) is 20.8. The van der Waals surface area contributed by atoms with Crippen molar-refractivity contribution < 1.29 is 4.42 Å². The zero-order chi connectivity index (χ0) is 22.5. The number of hydrogen-bond acceptors (Lipinski definition) is 3. The molecule has 0 aliphatic carbocycles. The molecule has 4 aromatic rings. The van der Waals surface area contributed by atoms with Crippen molar-refractivity contribution in [1.29, 1.82) is 0 Å². The molecular weight excluding hydrogens is 394 g/mol. The maximum atomic E-state index is 6.39. The van der Waals surface area contributed by atoms with E-state index in [-0.39, 0.29) is 5.41 Å². The van der Waals surface area contributed by atoms with Gasteiger partial charge in [0.2, 0.25) is 0 Å². The van der Waals surface area contributed by atoms with Gasteiger partial charge in [-0.3, -0.25) is 0 Å². The fourth-order valence-electron chi connectivity index (χ4n) is 4.74. The fraction of sp³-hybridized carbons (Fsp3) is 0.321. The summed E-state index contributed by atoms with van der Waals surface area (Å²) in [6.45, 7) is 7.83. The van der Waals surface area contributed by atoms with Gasteiger partial charge in [-0.1, -0.05) is 69.3 Å². The van der Waals surface area contributed by atoms with Gasteiger partial charge in [-0.2, -0.15) is 0 Å². The predicted molar refractivity (Wildman–Crippen MR) is 130 cm³/mol. The lowest BCUT2D eigenvalue weighted by Gasteiger charge is -2.34. The Labute approximate surface area is 190 Å². The van der Waals surface area contributed by atoms with Crippen LogP contribution in [0, 0.1) is 5.92 Å². The Morgan fingerprint density at radius 1 is 1.00 bits per heavy atom. The first-order valence-corrected chi connectivity index (χ1v) is 11.4. The molecule has 0 spiro atoms. The summed E-state index contributed by atoms with van der Waals surface area (Å²) in [5, 5.41) is 0. The van der Waals surface area contributed by atoms with E-state index in [0.29, 0.717) is 5.92 Å². The maximum absolute atomic E-state index is 6.39. The van der Waals surface area contributed by atoms with Gasteiger partial charge < -0.3 is 14.3 Å². The van der Waals surface area contributed by atoms with Crippen molar-refractivity contribution in [2.24, 2.45) is 5.92 Å². The number of rotatable bonds is 2. The molecule has 0 amide bonds. The predicted octanol–water partition coefficient (Wildman–Crippen LogP) is 6.54. The van der Waals surface area contributed by atoms with Crippen LogP contribution in [0.25, 0.3) is 34.2 Å². The van der Waals surface area contributed by atoms with E-state index in [2.05, 4.69) is 99.3 Å². The molecule has 0 radical (unpaired) electrons. The monoisotopic (exact) mass is 425 g/mol. The average molecular weight is 426 g/mol. The highest BCUT2D eigenvalue weighted by Gasteiger charge is 2.31. The van der Waals surface area contributed by atoms with E-state index in [1.165, 1.54) is 11.1 Å². The van der Waals surface area contributed by atoms with Crippen molar-refractivity contribution in [3.63, 3.8) is 0 Å². The lowest BCUT2D eigenvalue weighted by Crippen LogP contribution is -2.29. The molecule has 6 rings (SSSR count). The van der Waals surface area contributed by atoms with E-state index in [1.54, 1.807) is 0 Å². The molecule has 2 aromatic carbocycles. The molecule has 2 aromatic heterocycles. The Balaban J connectivity index is 1.73. The van der Waals surface area contributed by atoms with Gasteiger partial charge >= 0.3 is 0 Å². The zero-order valence-corrected chi connectivity index (χ0v) is 19.6. The first-order valence-electron chi connectivity index (χ1n) is 11.4. The maximum Gasteiger partial charge on any atom is 0.174 e. The highest BCUT2D eigenvalue weighted by Crippen LogP contribution is 2.41. The average Bonchev–Trinajstić information content (AvgIpc) is 3.41. The largest absolute Gasteiger partial charge is 0.453 e. The van der Waals surface area contributed by atoms with Crippen molar-refractivity contribution in [2.75, 3.05) is 14.1 Å². The highest BCUT2D eigenvalue weighted by atomic mass is 16.3. The van der Waals surface area contributed by atoms with Crippen LogP contribution >= 0.6 is 0 Å². The molecule has 4 nitrogen and oxygen atoms in total. The van der Waals surface area contributed by atoms with Crippen LogP contribution in [0.3, 0.4) is 0 Å². The van der Waals surface area contributed by atoms with Gasteiger partial charge in [-0.05, 0) is 55.1 Å². The van der Waals surface area contributed by atoms with Crippen molar-refractivity contribution in [1.82, 2.24) is 14.9 Å². The molecule has 1 N–H and O–H groups in total. The van der Waals surface area contributed by atoms with Gasteiger partial charge in [0, 0.05) is 17.7 Å². The van der Waals surface area contributed by atoms with Crippen molar-refractivity contribution in [3.05, 3.63) is 77.5 Å². The number of H-pyrrole nitrogens is 1. The molecule has 4 heteroatoms. The van der Waals surface area contributed by atoms with E-state index in [0.717, 1.165) is 52.8 Å². The number of nitrogens with zero attached hydrogens (tertiary/aromatic N) is 2. The van der Waals surface area contributed by atoms with E-state index in [1.807, 2.05) is 6.07 Å². The summed E-state index contributed by atoms with van der Waals surface area (Å²) < 4.78 is 6.39. The lowest BCUT2D eigenvalue weighted by molar-refractivity contribution is 0.342. The molecule has 0 fully saturated rings. The van der Waals surface area contributed by atoms with Gasteiger partial charge in [0.25, 0.3) is 0 Å². The van der Waals surface area contributed by atoms with Crippen LogP contribution in [-0.2, 0) is 18.4 Å². The third kappa shape index (κ3) is 3.59. The minimum atomic E-state index is -0.0153. The highest BCUT2D eigenvalue weighted by molar-refractivity contribution is 5.69. The summed E-state index contributed by atoms with van der Waals surface area (Å²) in [6.07, 6.45) is 1.02. The number of hydrogen-bond donors (Lipinski definition) is 1. The molecule has 1 atom stereocenters. The van der Waals surface area contributed by atoms with Crippen LogP contribution in [0.15, 0.2) is 65.1 Å². The fourth-order valence-corrected chi connectivity index (χ4v) is 4.74. The van der Waals surface area contributed by atoms with E-state index in [9.17, 15) is 0 Å². The summed E-state index contributed by atoms with van der Waals surface area (Å²) in [5.74, 6) is 2.87. The van der Waals surface area contributed by atoms with Crippen LogP contribution < -0.4 is 0 Å². The number of aromatic nitrogens is 2. The normalized spacial score (nSPS) is 17.1. The van der Waals surface area contributed by atoms with Crippen LogP contribution in [0.5, 0.6) is 0 Å². The van der Waals surface area contributed by atoms with Gasteiger partial charge in [0.1, 0.15) is 5.76 Å². The van der Waals surface area contributed by atoms with Crippen LogP contribution in [0.2, 0.25) is 0 Å². The Morgan fingerprint density at radius 2 is 1.72 bits per heavy atom. The van der Waals surface area contributed by atoms with E-state index < -0.39 is 0 Å². The third-order valence-corrected chi connectivity index (χ3v) is 6.98. The van der Waals surface area contributed by atoms with Gasteiger partial charge in [-0.25, -0.2) is 4.98 Å². The minimum Gasteiger partial charge on any atom is -0.453 e. The molecule has 164 valence electrons. The summed E-state index contributed by atoms with van der Waals surface area (Å²) >= 11 is 0. The molecule has 1 unspecified atom stereocenters. The topological polar surface area (TPSA) is 45.1 Å². The molecule has 0 saturated heterocycles. The molecule has 2 aliphatic rings. The number of aromatic amines is 1. The van der Waals surface area contributed by atoms with Crippen molar-refractivity contribution >= 4 is 0 Å². The SMILES string of the molecule is CC1Cc2ccc(cc2)-c2nc([nH]c2CN(C)C)-c2ccc(o2)-c2ccccc2C1(C)C. The molecule has 2 aliphatic heterocycles. The molecular formula is C28H31N3O. The third-order valence-electron chi connectivity index (χ3n) is 6.98. The Morgan fingerprint density at radius 3 is 2.47 bits per heavy atom. The second-order valence-corrected chi connectivity index (χ2v) is 9.88. The number of benzene rings is 2. The van der Waals surface area contributed by atoms with Gasteiger partial charge in [-0.15, -0.1) is 0 Å². The Hall–Kier alpha value is -3.11. The van der Waals surface area contributed by atoms with Crippen molar-refractivity contribution in [3.8, 4) is 34.2 Å². The van der Waals surface area contributed by atoms with Crippen LogP contribution in [-0.4, -0.2) is 29.0 Å². The summed E-state index contributed by atoms with van der Waals surface area (Å²) in [4.78, 5) is 10.7. The minimum absolute atomic E-state index is 0.0153. The van der Waals surface area contributed by atoms with Gasteiger partial charge in [0.15, 0.2) is 11.6 Å². The molecule has 0 saturated carbocycles. The van der Waals surface area contributed by atoms with Crippen LogP contribution in [0.4, 0.5) is 0 Å². The van der Waals surface area contributed by atoms with E-state index >= 15 is 0 Å². The Kier molecular flexibility index (Phi) is 5.06. The second-order valence-electron chi connectivity index (χ2n) is 9.88. The summed E-state index contributed by atoms with van der Waals surface area (Å²) in [5.41, 5.74) is 7.02. The van der Waals surface area contributed by atoms with Crippen LogP contribution in [0.1, 0.15) is 37.6 Å². The standard InChI is InChI=1S/C28H31N3O/c1-18-16-19-10-12-20(13-11-19)26-23(17-31(4)5)29-27(30-26)25-15-14-24(32-25)21-8-6-7-9-22(21)28(18,2)3/h6-15,18H,16-17H2,1-5H3,(H,29,30).